The van der Waals surface area contributed by atoms with Gasteiger partial charge in [0, 0.05) is 40.5 Å². The van der Waals surface area contributed by atoms with Gasteiger partial charge in [0.25, 0.3) is 11.9 Å². The molecule has 0 unspecified atom stereocenters. The number of hydrogen-bond acceptors (Lipinski definition) is 4. The fraction of sp³-hybridized carbons (Fsp3) is 0.857. The summed E-state index contributed by atoms with van der Waals surface area (Å²) in [6.45, 7) is 2.17. The van der Waals surface area contributed by atoms with Crippen molar-refractivity contribution in [1.29, 1.82) is 0 Å². The Morgan fingerprint density at radius 3 is 1.17 bits per heavy atom. The molecular weight excluding hydrogens is 526 g/mol. The van der Waals surface area contributed by atoms with Gasteiger partial charge < -0.3 is 46.9 Å². The molecule has 4 fully saturated rings. The molecule has 6 nitrogen and oxygen atoms in total. The molecule has 0 aliphatic heterocycles. The van der Waals surface area contributed by atoms with Crippen molar-refractivity contribution in [3.63, 3.8) is 0 Å². The fourth-order valence-corrected chi connectivity index (χ4v) is 4.18. The molecule has 7 N–H and O–H groups in total. The van der Waals surface area contributed by atoms with Crippen LogP contribution in [0.15, 0.2) is 0 Å². The second kappa shape index (κ2) is 13.4. The Balaban J connectivity index is -0.000000133. The molecule has 0 atom stereocenters. The van der Waals surface area contributed by atoms with Crippen molar-refractivity contribution in [2.45, 2.75) is 57.9 Å². The molecule has 4 aliphatic carbocycles. The van der Waals surface area contributed by atoms with E-state index >= 15 is 0 Å². The van der Waals surface area contributed by atoms with E-state index in [0.29, 0.717) is 5.54 Å². The summed E-state index contributed by atoms with van der Waals surface area (Å²) >= 11 is 0. The van der Waals surface area contributed by atoms with Crippen molar-refractivity contribution in [3.8, 4) is 0 Å². The first-order valence-corrected chi connectivity index (χ1v) is 6.88. The predicted molar refractivity (Wildman–Crippen MR) is 76.7 cm³/mol. The Bertz CT molecular complexity index is 304. The van der Waals surface area contributed by atoms with Crippen LogP contribution in [-0.2, 0) is 30.7 Å². The zero-order valence-electron chi connectivity index (χ0n) is 13.5. The Hall–Kier alpha value is 0.128. The number of hydrogen-bond donors (Lipinski definition) is 4. The summed E-state index contributed by atoms with van der Waals surface area (Å²) in [5.41, 5.74) is 6.62. The Morgan fingerprint density at radius 1 is 0.870 bits per heavy atom. The van der Waals surface area contributed by atoms with E-state index in [4.69, 9.17) is 25.5 Å². The van der Waals surface area contributed by atoms with Crippen molar-refractivity contribution in [2.24, 2.45) is 23.5 Å². The molecule has 4 bridgehead atoms. The summed E-state index contributed by atoms with van der Waals surface area (Å²) in [6, 6.07) is 0. The Kier molecular flexibility index (Phi) is 18.1. The number of carbonyl (C=O) groups is 2. The quantitative estimate of drug-likeness (QED) is 0.243. The van der Waals surface area contributed by atoms with Crippen LogP contribution in [0.5, 0.6) is 0 Å². The molecule has 0 radical (unpaired) electrons. The van der Waals surface area contributed by atoms with Gasteiger partial charge in [-0.25, -0.2) is 0 Å². The maximum Gasteiger partial charge on any atom is 0.300 e. The molecule has 0 aromatic heterocycles. The van der Waals surface area contributed by atoms with Gasteiger partial charge in [0.05, 0.1) is 0 Å². The molecule has 9 heteroatoms. The van der Waals surface area contributed by atoms with Gasteiger partial charge >= 0.3 is 0 Å². The van der Waals surface area contributed by atoms with Gasteiger partial charge in [-0.05, 0) is 56.3 Å². The van der Waals surface area contributed by atoms with Crippen LogP contribution in [0.2, 0.25) is 0 Å². The van der Waals surface area contributed by atoms with Crippen LogP contribution in [0, 0.1) is 17.8 Å². The van der Waals surface area contributed by atoms with Gasteiger partial charge in [-0.1, -0.05) is 0 Å². The van der Waals surface area contributed by atoms with Crippen LogP contribution in [0.25, 0.3) is 0 Å². The van der Waals surface area contributed by atoms with Crippen molar-refractivity contribution in [2.75, 3.05) is 0 Å². The summed E-state index contributed by atoms with van der Waals surface area (Å²) in [4.78, 5) is 18.0. The molecule has 0 aromatic rings. The van der Waals surface area contributed by atoms with Gasteiger partial charge in [0.1, 0.15) is 0 Å². The number of nitrogens with two attached hydrogens (primary N) is 1. The van der Waals surface area contributed by atoms with Gasteiger partial charge in [-0.2, -0.15) is 0 Å². The smallest absolute Gasteiger partial charge is 0.300 e. The van der Waals surface area contributed by atoms with Gasteiger partial charge in [-0.3, -0.25) is 9.59 Å². The minimum Gasteiger partial charge on any atom is -1.00 e. The maximum absolute atomic E-state index is 9.00. The molecule has 144 valence electrons. The standard InChI is InChI=1S/C10H17N.2C2H4O2.2ClH.H3N.Pt/c11-10-4-7-1-8(5-10)3-9(2-7)6-10;2*1-2(3)4;;;;/h7-9H,1-6,11H2;2*1H3,(H,3,4);2*1H;1H3;/p-2. The minimum absolute atomic E-state index is 0. The predicted octanol–water partition coefficient (Wildman–Crippen LogP) is -3.74. The summed E-state index contributed by atoms with van der Waals surface area (Å²) in [5, 5.41) is 14.8. The van der Waals surface area contributed by atoms with E-state index in [1.54, 1.807) is 0 Å². The topological polar surface area (TPSA) is 136 Å². The van der Waals surface area contributed by atoms with Crippen LogP contribution in [0.3, 0.4) is 0 Å². The number of carboxylic acid groups (broad SMARTS) is 2. The Labute approximate surface area is 165 Å². The molecule has 4 rings (SSSR count). The van der Waals surface area contributed by atoms with Crippen LogP contribution >= 0.6 is 0 Å². The minimum atomic E-state index is -0.833. The first kappa shape index (κ1) is 31.0. The average molecular weight is 554 g/mol. The van der Waals surface area contributed by atoms with Gasteiger partial charge in [-0.15, -0.1) is 0 Å². The number of rotatable bonds is 0. The summed E-state index contributed by atoms with van der Waals surface area (Å²) in [5.74, 6) is 1.39. The van der Waals surface area contributed by atoms with Crippen molar-refractivity contribution >= 4 is 11.9 Å². The second-order valence-electron chi connectivity index (χ2n) is 6.32. The third-order valence-corrected chi connectivity index (χ3v) is 4.09. The molecule has 0 amide bonds. The number of halogens is 2. The third kappa shape index (κ3) is 12.2. The van der Waals surface area contributed by atoms with Crippen LogP contribution in [-0.4, -0.2) is 27.7 Å². The average Bonchev–Trinajstić information content (AvgIpc) is 2.09. The van der Waals surface area contributed by atoms with E-state index in [1.807, 2.05) is 0 Å². The maximum atomic E-state index is 9.00. The molecule has 23 heavy (non-hydrogen) atoms. The summed E-state index contributed by atoms with van der Waals surface area (Å²) in [6.07, 6.45) is 8.57. The SMILES string of the molecule is CC(=O)O.CC(=O)O.N.NC12CC3CC(CC(C3)C1)C2.[Cl-].[Cl-].[Pt]. The number of aliphatic carboxylic acids is 2. The van der Waals surface area contributed by atoms with E-state index < -0.39 is 11.9 Å². The van der Waals surface area contributed by atoms with Gasteiger partial charge in [0.2, 0.25) is 0 Å². The van der Waals surface area contributed by atoms with Crippen LogP contribution in [0.1, 0.15) is 52.4 Å². The summed E-state index contributed by atoms with van der Waals surface area (Å²) in [7, 11) is 0. The molecule has 0 spiro atoms. The first-order chi connectivity index (χ1) is 8.70. The zero-order valence-corrected chi connectivity index (χ0v) is 17.3. The largest absolute Gasteiger partial charge is 1.00 e. The summed E-state index contributed by atoms with van der Waals surface area (Å²) < 4.78 is 0. The van der Waals surface area contributed by atoms with E-state index in [9.17, 15) is 0 Å². The Morgan fingerprint density at radius 2 is 1.04 bits per heavy atom. The third-order valence-electron chi connectivity index (χ3n) is 4.09. The molecule has 4 aliphatic rings. The van der Waals surface area contributed by atoms with E-state index in [-0.39, 0.29) is 52.0 Å². The molecule has 0 heterocycles. The van der Waals surface area contributed by atoms with Crippen molar-refractivity contribution in [3.05, 3.63) is 0 Å². The molecule has 0 saturated heterocycles. The molecular formula is C14H28Cl2N2O4Pt-2. The van der Waals surface area contributed by atoms with Crippen LogP contribution < -0.4 is 36.7 Å². The van der Waals surface area contributed by atoms with Gasteiger partial charge in [0.15, 0.2) is 0 Å². The normalized spacial score (nSPS) is 31.0. The zero-order chi connectivity index (χ0) is 14.6. The van der Waals surface area contributed by atoms with E-state index in [2.05, 4.69) is 0 Å². The fourth-order valence-electron chi connectivity index (χ4n) is 4.18. The van der Waals surface area contributed by atoms with E-state index in [0.717, 1.165) is 31.6 Å². The van der Waals surface area contributed by atoms with Crippen LogP contribution in [0.4, 0.5) is 0 Å². The molecule has 4 saturated carbocycles. The monoisotopic (exact) mass is 553 g/mol. The second-order valence-corrected chi connectivity index (χ2v) is 6.32. The van der Waals surface area contributed by atoms with E-state index in [1.165, 1.54) is 38.5 Å². The number of carboxylic acids is 2. The first-order valence-electron chi connectivity index (χ1n) is 6.88. The van der Waals surface area contributed by atoms with Crippen molar-refractivity contribution < 1.29 is 65.7 Å². The molecule has 0 aromatic carbocycles. The van der Waals surface area contributed by atoms with Crippen molar-refractivity contribution in [1.82, 2.24) is 6.15 Å².